The number of hydrogen-bond acceptors (Lipinski definition) is 3. The van der Waals surface area contributed by atoms with Gasteiger partial charge in [0.05, 0.1) is 6.26 Å². The van der Waals surface area contributed by atoms with Crippen molar-refractivity contribution >= 4 is 10.0 Å². The molecule has 1 aliphatic rings. The van der Waals surface area contributed by atoms with Crippen LogP contribution in [0, 0.1) is 13.8 Å². The van der Waals surface area contributed by atoms with Gasteiger partial charge in [-0.2, -0.15) is 0 Å². The predicted octanol–water partition coefficient (Wildman–Crippen LogP) is 2.11. The van der Waals surface area contributed by atoms with Gasteiger partial charge in [-0.3, -0.25) is 0 Å². The maximum atomic E-state index is 10.9. The maximum absolute atomic E-state index is 10.9. The van der Waals surface area contributed by atoms with Crippen LogP contribution in [-0.4, -0.2) is 26.8 Å². The molecule has 0 spiro atoms. The van der Waals surface area contributed by atoms with Crippen molar-refractivity contribution in [2.24, 2.45) is 5.73 Å². The Balaban J connectivity index is 0.000000390. The van der Waals surface area contributed by atoms with Crippen molar-refractivity contribution in [3.8, 4) is 0 Å². The predicted molar refractivity (Wildman–Crippen MR) is 84.1 cm³/mol. The van der Waals surface area contributed by atoms with E-state index in [2.05, 4.69) is 42.8 Å². The van der Waals surface area contributed by atoms with Crippen molar-refractivity contribution in [3.05, 3.63) is 35.4 Å². The summed E-state index contributed by atoms with van der Waals surface area (Å²) in [4.78, 5) is 0. The van der Waals surface area contributed by atoms with E-state index in [4.69, 9.17) is 5.73 Å². The van der Waals surface area contributed by atoms with Gasteiger partial charge in [0.2, 0.25) is 10.0 Å². The van der Waals surface area contributed by atoms with E-state index in [1.807, 2.05) is 0 Å². The molecule has 0 aliphatic heterocycles. The zero-order valence-electron chi connectivity index (χ0n) is 12.9. The summed E-state index contributed by atoms with van der Waals surface area (Å²) in [5, 5.41) is 0. The first-order chi connectivity index (χ1) is 9.28. The third-order valence-electron chi connectivity index (χ3n) is 3.40. The molecule has 0 amide bonds. The zero-order chi connectivity index (χ0) is 15.2. The number of sulfonamides is 1. The van der Waals surface area contributed by atoms with Gasteiger partial charge in [-0.25, -0.2) is 13.1 Å². The summed E-state index contributed by atoms with van der Waals surface area (Å²) < 4.78 is 24.3. The molecule has 4 nitrogen and oxygen atoms in total. The number of hydrogen-bond donors (Lipinski definition) is 2. The Bertz CT molecular complexity index is 482. The van der Waals surface area contributed by atoms with Gasteiger partial charge in [0.15, 0.2) is 0 Å². The van der Waals surface area contributed by atoms with Crippen LogP contribution in [-0.2, 0) is 29.5 Å². The zero-order valence-corrected chi connectivity index (χ0v) is 15.5. The molecule has 1 aromatic carbocycles. The first-order valence-electron chi connectivity index (χ1n) is 7.04. The van der Waals surface area contributed by atoms with Crippen molar-refractivity contribution in [3.63, 3.8) is 0 Å². The van der Waals surface area contributed by atoms with E-state index in [1.165, 1.54) is 17.4 Å². The molecule has 0 saturated heterocycles. The van der Waals surface area contributed by atoms with Crippen LogP contribution in [0.3, 0.4) is 0 Å². The molecule has 2 rings (SSSR count). The van der Waals surface area contributed by atoms with E-state index in [0.29, 0.717) is 0 Å². The molecule has 0 bridgehead atoms. The van der Waals surface area contributed by atoms with Crippen molar-refractivity contribution < 1.29 is 27.9 Å². The Morgan fingerprint density at radius 1 is 1.05 bits per heavy atom. The standard InChI is InChI=1S/C8H10.C7H16N2O2S.Ru/c1-7-3-5-8(2)6-4-7;1-12(10,11)9-7-5-3-2-4-6(7)8;/h3-6H,1-2H3;6-7,9H,2-5,8H2,1H3;/t;6-,7-;/m.0./s1. The van der Waals surface area contributed by atoms with Crippen molar-refractivity contribution in [2.45, 2.75) is 51.6 Å². The fourth-order valence-electron chi connectivity index (χ4n) is 2.22. The van der Waals surface area contributed by atoms with Crippen molar-refractivity contribution in [1.29, 1.82) is 0 Å². The molecule has 1 saturated carbocycles. The molecule has 0 heterocycles. The molecule has 0 radical (unpaired) electrons. The monoisotopic (exact) mass is 400 g/mol. The molecule has 0 aromatic heterocycles. The van der Waals surface area contributed by atoms with E-state index in [-0.39, 0.29) is 31.6 Å². The van der Waals surface area contributed by atoms with E-state index in [1.54, 1.807) is 0 Å². The second-order valence-electron chi connectivity index (χ2n) is 5.60. The van der Waals surface area contributed by atoms with Gasteiger partial charge in [-0.1, -0.05) is 48.2 Å². The Hall–Kier alpha value is -0.287. The van der Waals surface area contributed by atoms with Crippen LogP contribution in [0.5, 0.6) is 0 Å². The molecule has 2 atom stereocenters. The minimum absolute atomic E-state index is 0. The summed E-state index contributed by atoms with van der Waals surface area (Å²) in [6.45, 7) is 4.19. The SMILES string of the molecule is CS(=O)(=O)N[C@H]1CCCC[C@@H]1N.Cc1ccc(C)cc1.[Ru]. The second kappa shape index (κ2) is 9.67. The van der Waals surface area contributed by atoms with Gasteiger partial charge in [-0.15, -0.1) is 0 Å². The van der Waals surface area contributed by atoms with Gasteiger partial charge in [0.25, 0.3) is 0 Å². The molecule has 0 unspecified atom stereocenters. The van der Waals surface area contributed by atoms with Crippen LogP contribution in [0.25, 0.3) is 0 Å². The molecule has 21 heavy (non-hydrogen) atoms. The quantitative estimate of drug-likeness (QED) is 0.748. The molecule has 3 N–H and O–H groups in total. The topological polar surface area (TPSA) is 72.2 Å². The van der Waals surface area contributed by atoms with E-state index in [0.717, 1.165) is 25.7 Å². The van der Waals surface area contributed by atoms with Crippen LogP contribution < -0.4 is 10.5 Å². The van der Waals surface area contributed by atoms with Gasteiger partial charge in [-0.05, 0) is 26.7 Å². The summed E-state index contributed by atoms with van der Waals surface area (Å²) >= 11 is 0. The van der Waals surface area contributed by atoms with E-state index < -0.39 is 10.0 Å². The Morgan fingerprint density at radius 2 is 1.48 bits per heavy atom. The van der Waals surface area contributed by atoms with Crippen molar-refractivity contribution in [2.75, 3.05) is 6.26 Å². The summed E-state index contributed by atoms with van der Waals surface area (Å²) in [5.41, 5.74) is 8.42. The third kappa shape index (κ3) is 9.36. The minimum atomic E-state index is -3.09. The molecule has 1 fully saturated rings. The molecular weight excluding hydrogens is 373 g/mol. The minimum Gasteiger partial charge on any atom is -0.326 e. The van der Waals surface area contributed by atoms with Gasteiger partial charge in [0.1, 0.15) is 0 Å². The molecular formula is C15H26N2O2RuS. The van der Waals surface area contributed by atoms with E-state index >= 15 is 0 Å². The Labute approximate surface area is 141 Å². The van der Waals surface area contributed by atoms with Gasteiger partial charge in [0, 0.05) is 31.6 Å². The van der Waals surface area contributed by atoms with Crippen LogP contribution in [0.1, 0.15) is 36.8 Å². The summed E-state index contributed by atoms with van der Waals surface area (Å²) in [6, 6.07) is 8.43. The maximum Gasteiger partial charge on any atom is 0.209 e. The molecule has 6 heteroatoms. The number of nitrogens with two attached hydrogens (primary N) is 1. The largest absolute Gasteiger partial charge is 0.326 e. The van der Waals surface area contributed by atoms with Gasteiger partial charge < -0.3 is 5.73 Å². The van der Waals surface area contributed by atoms with Crippen LogP contribution in [0.15, 0.2) is 24.3 Å². The molecule has 122 valence electrons. The van der Waals surface area contributed by atoms with Crippen LogP contribution >= 0.6 is 0 Å². The summed E-state index contributed by atoms with van der Waals surface area (Å²) in [7, 11) is -3.09. The number of nitrogens with one attached hydrogen (secondary N) is 1. The van der Waals surface area contributed by atoms with Gasteiger partial charge >= 0.3 is 0 Å². The fourth-order valence-corrected chi connectivity index (χ4v) is 3.06. The van der Waals surface area contributed by atoms with Crippen LogP contribution in [0.2, 0.25) is 0 Å². The smallest absolute Gasteiger partial charge is 0.209 e. The third-order valence-corrected chi connectivity index (χ3v) is 4.13. The average molecular weight is 400 g/mol. The first kappa shape index (κ1) is 20.7. The molecule has 1 aliphatic carbocycles. The summed E-state index contributed by atoms with van der Waals surface area (Å²) in [5.74, 6) is 0. The van der Waals surface area contributed by atoms with E-state index in [9.17, 15) is 8.42 Å². The molecule has 1 aromatic rings. The number of benzene rings is 1. The normalized spacial score (nSPS) is 21.7. The second-order valence-corrected chi connectivity index (χ2v) is 7.38. The first-order valence-corrected chi connectivity index (χ1v) is 8.93. The number of aryl methyl sites for hydroxylation is 2. The Morgan fingerprint density at radius 3 is 1.86 bits per heavy atom. The average Bonchev–Trinajstić information content (AvgIpc) is 2.35. The Kier molecular flexibility index (Phi) is 9.54. The fraction of sp³-hybridized carbons (Fsp3) is 0.600. The van der Waals surface area contributed by atoms with Crippen molar-refractivity contribution in [1.82, 2.24) is 4.72 Å². The summed E-state index contributed by atoms with van der Waals surface area (Å²) in [6.07, 6.45) is 5.15. The number of rotatable bonds is 2. The van der Waals surface area contributed by atoms with Crippen LogP contribution in [0.4, 0.5) is 0 Å².